The largest absolute Gasteiger partial charge is 0.383 e. The number of benzene rings is 2. The fraction of sp³-hybridized carbons (Fsp3) is 0.125. The van der Waals surface area contributed by atoms with E-state index in [-0.39, 0.29) is 11.3 Å². The van der Waals surface area contributed by atoms with Crippen LogP contribution >= 0.6 is 7.60 Å². The van der Waals surface area contributed by atoms with Gasteiger partial charge in [-0.2, -0.15) is 0 Å². The standard InChI is InChI=1S/C16H15FN3O3P/c1-22-24(21,23-2)16-15(12-6-4-3-5-7-12)20(19-18-16)14-10-8-13(17)9-11-14/h3-11H,1-2H3. The van der Waals surface area contributed by atoms with Crippen molar-refractivity contribution < 1.29 is 18.0 Å². The highest BCUT2D eigenvalue weighted by molar-refractivity contribution is 7.62. The van der Waals surface area contributed by atoms with Crippen molar-refractivity contribution in [2.75, 3.05) is 14.2 Å². The maximum atomic E-state index is 13.2. The summed E-state index contributed by atoms with van der Waals surface area (Å²) in [6, 6.07) is 15.0. The van der Waals surface area contributed by atoms with Crippen LogP contribution in [0, 0.1) is 5.82 Å². The van der Waals surface area contributed by atoms with Crippen LogP contribution in [0.2, 0.25) is 0 Å². The van der Waals surface area contributed by atoms with Gasteiger partial charge < -0.3 is 9.05 Å². The van der Waals surface area contributed by atoms with Gasteiger partial charge in [0.15, 0.2) is 0 Å². The smallest absolute Gasteiger partial charge is 0.307 e. The Hall–Kier alpha value is -2.34. The van der Waals surface area contributed by atoms with E-state index in [1.165, 1.54) is 31.0 Å². The zero-order valence-corrected chi connectivity index (χ0v) is 14.0. The van der Waals surface area contributed by atoms with Crippen molar-refractivity contribution in [1.29, 1.82) is 0 Å². The van der Waals surface area contributed by atoms with Crippen LogP contribution in [0.1, 0.15) is 0 Å². The summed E-state index contributed by atoms with van der Waals surface area (Å²) in [6.07, 6.45) is 0. The lowest BCUT2D eigenvalue weighted by Gasteiger charge is -2.13. The normalized spacial score (nSPS) is 11.6. The molecule has 1 aromatic heterocycles. The molecule has 6 nitrogen and oxygen atoms in total. The van der Waals surface area contributed by atoms with Crippen LogP contribution in [0.5, 0.6) is 0 Å². The number of hydrogen-bond donors (Lipinski definition) is 0. The second-order valence-electron chi connectivity index (χ2n) is 4.88. The summed E-state index contributed by atoms with van der Waals surface area (Å²) in [6.45, 7) is 0. The molecular formula is C16H15FN3O3P. The molecule has 124 valence electrons. The lowest BCUT2D eigenvalue weighted by atomic mass is 10.1. The third-order valence-electron chi connectivity index (χ3n) is 3.51. The van der Waals surface area contributed by atoms with Gasteiger partial charge in [-0.15, -0.1) is 5.10 Å². The summed E-state index contributed by atoms with van der Waals surface area (Å²) in [5, 5.41) is 8.08. The lowest BCUT2D eigenvalue weighted by Crippen LogP contribution is -2.13. The summed E-state index contributed by atoms with van der Waals surface area (Å²) in [5.74, 6) is -0.361. The highest BCUT2D eigenvalue weighted by atomic mass is 31.2. The van der Waals surface area contributed by atoms with Gasteiger partial charge in [-0.05, 0) is 24.3 Å². The van der Waals surface area contributed by atoms with Gasteiger partial charge in [0.2, 0.25) is 5.44 Å². The molecule has 8 heteroatoms. The molecule has 3 aromatic rings. The van der Waals surface area contributed by atoms with Crippen molar-refractivity contribution >= 4 is 13.0 Å². The summed E-state index contributed by atoms with van der Waals surface area (Å²) in [7, 11) is -1.04. The Morgan fingerprint density at radius 3 is 2.21 bits per heavy atom. The summed E-state index contributed by atoms with van der Waals surface area (Å²) < 4.78 is 37.6. The Kier molecular flexibility index (Phi) is 4.57. The Morgan fingerprint density at radius 2 is 1.62 bits per heavy atom. The molecule has 3 rings (SSSR count). The fourth-order valence-electron chi connectivity index (χ4n) is 2.32. The zero-order valence-electron chi connectivity index (χ0n) is 13.1. The van der Waals surface area contributed by atoms with E-state index in [2.05, 4.69) is 10.3 Å². The first-order valence-electron chi connectivity index (χ1n) is 7.08. The molecule has 24 heavy (non-hydrogen) atoms. The monoisotopic (exact) mass is 347 g/mol. The Labute approximate surface area is 138 Å². The minimum atomic E-state index is -3.61. The van der Waals surface area contributed by atoms with Crippen molar-refractivity contribution in [2.45, 2.75) is 0 Å². The maximum absolute atomic E-state index is 13.2. The molecule has 0 bridgehead atoms. The van der Waals surface area contributed by atoms with Crippen LogP contribution < -0.4 is 5.44 Å². The van der Waals surface area contributed by atoms with Gasteiger partial charge in [-0.3, -0.25) is 4.57 Å². The Bertz CT molecular complexity index is 873. The molecule has 0 atom stereocenters. The van der Waals surface area contributed by atoms with E-state index in [0.717, 1.165) is 5.56 Å². The van der Waals surface area contributed by atoms with Crippen molar-refractivity contribution in [2.24, 2.45) is 0 Å². The highest BCUT2D eigenvalue weighted by Crippen LogP contribution is 2.47. The van der Waals surface area contributed by atoms with Crippen molar-refractivity contribution in [3.8, 4) is 16.9 Å². The minimum absolute atomic E-state index is 0.100. The SMILES string of the molecule is COP(=O)(OC)c1nnn(-c2ccc(F)cc2)c1-c1ccccc1. The summed E-state index contributed by atoms with van der Waals surface area (Å²) >= 11 is 0. The van der Waals surface area contributed by atoms with E-state index in [0.29, 0.717) is 11.4 Å². The van der Waals surface area contributed by atoms with Crippen LogP contribution in [0.25, 0.3) is 16.9 Å². The molecule has 0 N–H and O–H groups in total. The van der Waals surface area contributed by atoms with E-state index in [9.17, 15) is 8.96 Å². The molecule has 0 saturated carbocycles. The first-order chi connectivity index (χ1) is 11.6. The molecule has 2 aromatic carbocycles. The van der Waals surface area contributed by atoms with Crippen molar-refractivity contribution in [3.05, 3.63) is 60.4 Å². The average Bonchev–Trinajstić information content (AvgIpc) is 3.08. The number of aromatic nitrogens is 3. The first kappa shape index (κ1) is 16.5. The van der Waals surface area contributed by atoms with E-state index >= 15 is 0 Å². The topological polar surface area (TPSA) is 66.2 Å². The summed E-state index contributed by atoms with van der Waals surface area (Å²) in [5.41, 5.74) is 1.88. The second kappa shape index (κ2) is 6.65. The Morgan fingerprint density at radius 1 is 1.00 bits per heavy atom. The van der Waals surface area contributed by atoms with Gasteiger partial charge in [0, 0.05) is 19.8 Å². The molecule has 0 aliphatic carbocycles. The van der Waals surface area contributed by atoms with E-state index < -0.39 is 7.60 Å². The van der Waals surface area contributed by atoms with Gasteiger partial charge in [-0.1, -0.05) is 35.5 Å². The molecule has 0 spiro atoms. The molecule has 0 radical (unpaired) electrons. The van der Waals surface area contributed by atoms with E-state index in [4.69, 9.17) is 9.05 Å². The molecule has 0 fully saturated rings. The van der Waals surface area contributed by atoms with Gasteiger partial charge in [0.25, 0.3) is 0 Å². The lowest BCUT2D eigenvalue weighted by molar-refractivity contribution is 0.286. The number of nitrogens with zero attached hydrogens (tertiary/aromatic N) is 3. The van der Waals surface area contributed by atoms with Crippen LogP contribution in [-0.4, -0.2) is 29.2 Å². The van der Waals surface area contributed by atoms with Gasteiger partial charge in [0.05, 0.1) is 5.69 Å². The van der Waals surface area contributed by atoms with Gasteiger partial charge in [-0.25, -0.2) is 9.07 Å². The minimum Gasteiger partial charge on any atom is -0.307 e. The molecule has 0 aliphatic heterocycles. The van der Waals surface area contributed by atoms with Crippen LogP contribution in [-0.2, 0) is 13.6 Å². The average molecular weight is 347 g/mol. The van der Waals surface area contributed by atoms with Crippen molar-refractivity contribution in [1.82, 2.24) is 15.0 Å². The van der Waals surface area contributed by atoms with Crippen molar-refractivity contribution in [3.63, 3.8) is 0 Å². The quantitative estimate of drug-likeness (QED) is 0.663. The number of halogens is 1. The molecule has 0 amide bonds. The van der Waals surface area contributed by atoms with Crippen LogP contribution in [0.15, 0.2) is 54.6 Å². The highest BCUT2D eigenvalue weighted by Gasteiger charge is 2.34. The maximum Gasteiger partial charge on any atom is 0.383 e. The molecule has 0 unspecified atom stereocenters. The van der Waals surface area contributed by atoms with E-state index in [1.807, 2.05) is 30.3 Å². The predicted molar refractivity (Wildman–Crippen MR) is 88.0 cm³/mol. The molecule has 0 aliphatic rings. The van der Waals surface area contributed by atoms with Crippen LogP contribution in [0.4, 0.5) is 4.39 Å². The Balaban J connectivity index is 2.26. The van der Waals surface area contributed by atoms with Crippen LogP contribution in [0.3, 0.4) is 0 Å². The molecule has 1 heterocycles. The molecule has 0 saturated heterocycles. The zero-order chi connectivity index (χ0) is 17.2. The fourth-order valence-corrected chi connectivity index (χ4v) is 3.44. The van der Waals surface area contributed by atoms with E-state index in [1.54, 1.807) is 12.1 Å². The third kappa shape index (κ3) is 2.89. The first-order valence-corrected chi connectivity index (χ1v) is 8.62. The van der Waals surface area contributed by atoms with Gasteiger partial charge >= 0.3 is 7.60 Å². The number of rotatable bonds is 5. The number of hydrogen-bond acceptors (Lipinski definition) is 5. The van der Waals surface area contributed by atoms with Gasteiger partial charge in [0.1, 0.15) is 11.5 Å². The third-order valence-corrected chi connectivity index (χ3v) is 5.29. The summed E-state index contributed by atoms with van der Waals surface area (Å²) in [4.78, 5) is 0. The second-order valence-corrected chi connectivity index (χ2v) is 7.03. The molecular weight excluding hydrogens is 332 g/mol. The predicted octanol–water partition coefficient (Wildman–Crippen LogP) is 3.18.